The molecule has 0 saturated carbocycles. The van der Waals surface area contributed by atoms with E-state index >= 15 is 0 Å². The molecule has 0 spiro atoms. The van der Waals surface area contributed by atoms with Gasteiger partial charge in [0.2, 0.25) is 0 Å². The molecular weight excluding hydrogens is 368 g/mol. The summed E-state index contributed by atoms with van der Waals surface area (Å²) in [6, 6.07) is 9.78. The largest absolute Gasteiger partial charge is 0.497 e. The van der Waals surface area contributed by atoms with Crippen molar-refractivity contribution in [2.24, 2.45) is 5.10 Å². The summed E-state index contributed by atoms with van der Waals surface area (Å²) in [6.45, 7) is -0.263. The first-order valence-electron chi connectivity index (χ1n) is 8.07. The number of ether oxygens (including phenoxy) is 4. The number of carboxylic acids is 1. The number of carbonyl (C=O) groups is 2. The zero-order valence-electron chi connectivity index (χ0n) is 15.6. The monoisotopic (exact) mass is 388 g/mol. The van der Waals surface area contributed by atoms with Gasteiger partial charge in [0, 0.05) is 5.56 Å². The molecule has 9 heteroatoms. The normalized spacial score (nSPS) is 10.4. The average molecular weight is 388 g/mol. The van der Waals surface area contributed by atoms with Crippen molar-refractivity contribution < 1.29 is 33.6 Å². The number of hydrazone groups is 1. The molecular formula is C19H20N2O7. The van der Waals surface area contributed by atoms with E-state index in [0.717, 1.165) is 0 Å². The number of amides is 1. The number of aromatic carboxylic acids is 1. The van der Waals surface area contributed by atoms with E-state index in [4.69, 9.17) is 18.9 Å². The Bertz CT molecular complexity index is 863. The van der Waals surface area contributed by atoms with Crippen molar-refractivity contribution in [1.29, 1.82) is 0 Å². The highest BCUT2D eigenvalue weighted by Gasteiger charge is 2.20. The minimum absolute atomic E-state index is 0.0631. The lowest BCUT2D eigenvalue weighted by atomic mass is 10.1. The lowest BCUT2D eigenvalue weighted by Gasteiger charge is -2.12. The molecule has 0 atom stereocenters. The van der Waals surface area contributed by atoms with Gasteiger partial charge in [0.25, 0.3) is 5.91 Å². The second-order valence-electron chi connectivity index (χ2n) is 5.33. The second kappa shape index (κ2) is 9.81. The second-order valence-corrected chi connectivity index (χ2v) is 5.33. The van der Waals surface area contributed by atoms with Gasteiger partial charge in [0.05, 0.1) is 27.5 Å². The zero-order chi connectivity index (χ0) is 20.5. The smallest absolute Gasteiger partial charge is 0.340 e. The maximum absolute atomic E-state index is 11.8. The molecule has 0 aliphatic heterocycles. The molecule has 0 aliphatic rings. The van der Waals surface area contributed by atoms with Gasteiger partial charge in [-0.25, -0.2) is 10.2 Å². The highest BCUT2D eigenvalue weighted by atomic mass is 16.5. The van der Waals surface area contributed by atoms with E-state index < -0.39 is 11.9 Å². The molecule has 1 amide bonds. The van der Waals surface area contributed by atoms with Crippen molar-refractivity contribution in [2.45, 2.75) is 0 Å². The van der Waals surface area contributed by atoms with E-state index in [0.29, 0.717) is 11.5 Å². The third-order valence-corrected chi connectivity index (χ3v) is 3.61. The molecule has 2 N–H and O–H groups in total. The molecule has 0 radical (unpaired) electrons. The van der Waals surface area contributed by atoms with E-state index in [-0.39, 0.29) is 29.2 Å². The number of hydrogen-bond acceptors (Lipinski definition) is 7. The number of rotatable bonds is 9. The summed E-state index contributed by atoms with van der Waals surface area (Å²) in [5.74, 6) is -0.226. The van der Waals surface area contributed by atoms with Gasteiger partial charge < -0.3 is 24.1 Å². The first-order chi connectivity index (χ1) is 13.5. The molecule has 2 aromatic carbocycles. The Morgan fingerprint density at radius 3 is 2.25 bits per heavy atom. The maximum atomic E-state index is 11.8. The Labute approximate surface area is 161 Å². The number of hydrogen-bond donors (Lipinski definition) is 2. The molecule has 0 fully saturated rings. The molecule has 9 nitrogen and oxygen atoms in total. The molecule has 2 rings (SSSR count). The van der Waals surface area contributed by atoms with E-state index in [1.165, 1.54) is 26.5 Å². The van der Waals surface area contributed by atoms with Crippen molar-refractivity contribution in [2.75, 3.05) is 27.9 Å². The minimum atomic E-state index is -1.22. The first kappa shape index (κ1) is 20.6. The van der Waals surface area contributed by atoms with Crippen LogP contribution in [-0.2, 0) is 4.79 Å². The Hall–Kier alpha value is -3.75. The SMILES string of the molecule is COc1ccc(OCC(=O)N/N=C/c2ccc(OC)c(OC)c2C(=O)O)cc1. The van der Waals surface area contributed by atoms with E-state index in [1.807, 2.05) is 0 Å². The van der Waals surface area contributed by atoms with Crippen LogP contribution in [0.5, 0.6) is 23.0 Å². The van der Waals surface area contributed by atoms with Gasteiger partial charge in [0.15, 0.2) is 18.1 Å². The summed E-state index contributed by atoms with van der Waals surface area (Å²) in [5, 5.41) is 13.2. The van der Waals surface area contributed by atoms with Gasteiger partial charge in [-0.1, -0.05) is 0 Å². The van der Waals surface area contributed by atoms with Crippen LogP contribution in [0.1, 0.15) is 15.9 Å². The van der Waals surface area contributed by atoms with Gasteiger partial charge in [-0.3, -0.25) is 4.79 Å². The summed E-state index contributed by atoms with van der Waals surface area (Å²) in [7, 11) is 4.29. The fourth-order valence-electron chi connectivity index (χ4n) is 2.30. The van der Waals surface area contributed by atoms with Crippen LogP contribution in [0.15, 0.2) is 41.5 Å². The van der Waals surface area contributed by atoms with Gasteiger partial charge in [-0.05, 0) is 36.4 Å². The minimum Gasteiger partial charge on any atom is -0.497 e. The molecule has 0 aliphatic carbocycles. The Morgan fingerprint density at radius 1 is 1.00 bits per heavy atom. The summed E-state index contributed by atoms with van der Waals surface area (Å²) < 4.78 is 20.6. The highest BCUT2D eigenvalue weighted by molar-refractivity contribution is 6.02. The van der Waals surface area contributed by atoms with Gasteiger partial charge in [-0.2, -0.15) is 5.10 Å². The first-order valence-corrected chi connectivity index (χ1v) is 8.07. The summed E-state index contributed by atoms with van der Waals surface area (Å²) in [5.41, 5.74) is 2.38. The van der Waals surface area contributed by atoms with Crippen molar-refractivity contribution in [3.8, 4) is 23.0 Å². The van der Waals surface area contributed by atoms with Crippen LogP contribution in [0.4, 0.5) is 0 Å². The Kier molecular flexibility index (Phi) is 7.21. The summed E-state index contributed by atoms with van der Waals surface area (Å²) in [4.78, 5) is 23.4. The lowest BCUT2D eigenvalue weighted by molar-refractivity contribution is -0.123. The molecule has 0 bridgehead atoms. The topological polar surface area (TPSA) is 116 Å². The van der Waals surface area contributed by atoms with Crippen LogP contribution in [0.25, 0.3) is 0 Å². The van der Waals surface area contributed by atoms with Crippen LogP contribution in [0, 0.1) is 0 Å². The van der Waals surface area contributed by atoms with Crippen LogP contribution in [0.3, 0.4) is 0 Å². The number of methoxy groups -OCH3 is 3. The van der Waals surface area contributed by atoms with Gasteiger partial charge in [0.1, 0.15) is 17.1 Å². The van der Waals surface area contributed by atoms with Crippen LogP contribution < -0.4 is 24.4 Å². The lowest BCUT2D eigenvalue weighted by Crippen LogP contribution is -2.24. The molecule has 0 heterocycles. The Balaban J connectivity index is 2.01. The van der Waals surface area contributed by atoms with Crippen molar-refractivity contribution in [3.63, 3.8) is 0 Å². The van der Waals surface area contributed by atoms with E-state index in [2.05, 4.69) is 10.5 Å². The molecule has 2 aromatic rings. The van der Waals surface area contributed by atoms with Crippen LogP contribution in [0.2, 0.25) is 0 Å². The highest BCUT2D eigenvalue weighted by Crippen LogP contribution is 2.32. The molecule has 0 unspecified atom stereocenters. The average Bonchev–Trinajstić information content (AvgIpc) is 2.71. The van der Waals surface area contributed by atoms with E-state index in [9.17, 15) is 14.7 Å². The zero-order valence-corrected chi connectivity index (χ0v) is 15.6. The van der Waals surface area contributed by atoms with Crippen molar-refractivity contribution >= 4 is 18.1 Å². The van der Waals surface area contributed by atoms with Crippen molar-refractivity contribution in [3.05, 3.63) is 47.5 Å². The predicted molar refractivity (Wildman–Crippen MR) is 101 cm³/mol. The van der Waals surface area contributed by atoms with Gasteiger partial charge >= 0.3 is 5.97 Å². The van der Waals surface area contributed by atoms with Crippen molar-refractivity contribution in [1.82, 2.24) is 5.43 Å². The van der Waals surface area contributed by atoms with E-state index in [1.54, 1.807) is 37.4 Å². The van der Waals surface area contributed by atoms with Crippen LogP contribution >= 0.6 is 0 Å². The standard InChI is InChI=1S/C19H20N2O7/c1-25-13-5-7-14(8-6-13)28-11-16(22)21-20-10-12-4-9-15(26-2)18(27-3)17(12)19(23)24/h4-10H,11H2,1-3H3,(H,21,22)(H,23,24)/b20-10+. The quantitative estimate of drug-likeness (QED) is 0.498. The number of benzene rings is 2. The third kappa shape index (κ3) is 5.13. The van der Waals surface area contributed by atoms with Crippen LogP contribution in [-0.4, -0.2) is 51.1 Å². The fourth-order valence-corrected chi connectivity index (χ4v) is 2.30. The molecule has 148 valence electrons. The van der Waals surface area contributed by atoms with Gasteiger partial charge in [-0.15, -0.1) is 0 Å². The Morgan fingerprint density at radius 2 is 1.68 bits per heavy atom. The number of carbonyl (C=O) groups excluding carboxylic acids is 1. The molecule has 0 aromatic heterocycles. The third-order valence-electron chi connectivity index (χ3n) is 3.61. The molecule has 0 saturated heterocycles. The molecule has 28 heavy (non-hydrogen) atoms. The summed E-state index contributed by atoms with van der Waals surface area (Å²) in [6.07, 6.45) is 1.21. The number of carboxylic acid groups (broad SMARTS) is 1. The number of nitrogens with one attached hydrogen (secondary N) is 1. The maximum Gasteiger partial charge on any atom is 0.340 e. The fraction of sp³-hybridized carbons (Fsp3) is 0.211. The predicted octanol–water partition coefficient (Wildman–Crippen LogP) is 1.94. The summed E-state index contributed by atoms with van der Waals surface area (Å²) >= 11 is 0. The number of nitrogens with zero attached hydrogens (tertiary/aromatic N) is 1.